The molecule has 2 aromatic carbocycles. The molecule has 0 aromatic heterocycles. The summed E-state index contributed by atoms with van der Waals surface area (Å²) in [6, 6.07) is 13.2. The Morgan fingerprint density at radius 2 is 2.10 bits per heavy atom. The third-order valence-corrected chi connectivity index (χ3v) is 4.24. The largest absolute Gasteiger partial charge is 0.497 e. The molecule has 2 atom stereocenters. The van der Waals surface area contributed by atoms with Gasteiger partial charge >= 0.3 is 0 Å². The zero-order valence-electron chi connectivity index (χ0n) is 11.8. The van der Waals surface area contributed by atoms with E-state index in [0.717, 1.165) is 23.3 Å². The highest BCUT2D eigenvalue weighted by molar-refractivity contribution is 6.31. The number of hydrogen-bond donors (Lipinski definition) is 1. The minimum Gasteiger partial charge on any atom is -0.497 e. The Morgan fingerprint density at radius 3 is 2.86 bits per heavy atom. The smallest absolute Gasteiger partial charge is 0.122 e. The van der Waals surface area contributed by atoms with Crippen molar-refractivity contribution in [3.05, 3.63) is 58.6 Å². The van der Waals surface area contributed by atoms with Crippen LogP contribution in [0.25, 0.3) is 0 Å². The zero-order chi connectivity index (χ0) is 14.8. The van der Waals surface area contributed by atoms with Gasteiger partial charge in [-0.3, -0.25) is 0 Å². The van der Waals surface area contributed by atoms with Crippen LogP contribution < -0.4 is 9.47 Å². The first-order valence-corrected chi connectivity index (χ1v) is 7.31. The molecule has 0 spiro atoms. The van der Waals surface area contributed by atoms with E-state index in [1.54, 1.807) is 13.2 Å². The molecule has 0 saturated carbocycles. The topological polar surface area (TPSA) is 38.7 Å². The summed E-state index contributed by atoms with van der Waals surface area (Å²) in [5.41, 5.74) is 1.75. The first-order valence-electron chi connectivity index (χ1n) is 6.94. The van der Waals surface area contributed by atoms with Crippen molar-refractivity contribution >= 4 is 11.6 Å². The predicted octanol–water partition coefficient (Wildman–Crippen LogP) is 3.95. The van der Waals surface area contributed by atoms with Crippen molar-refractivity contribution < 1.29 is 14.6 Å². The molecule has 0 bridgehead atoms. The second-order valence-electron chi connectivity index (χ2n) is 5.11. The first kappa shape index (κ1) is 14.2. The molecule has 0 radical (unpaired) electrons. The van der Waals surface area contributed by atoms with Gasteiger partial charge < -0.3 is 14.6 Å². The van der Waals surface area contributed by atoms with Crippen molar-refractivity contribution in [2.45, 2.75) is 18.4 Å². The minimum absolute atomic E-state index is 0.0131. The summed E-state index contributed by atoms with van der Waals surface area (Å²) in [6.07, 6.45) is 0.106. The van der Waals surface area contributed by atoms with Crippen LogP contribution in [0.4, 0.5) is 0 Å². The van der Waals surface area contributed by atoms with E-state index in [0.29, 0.717) is 17.4 Å². The standard InChI is InChI=1S/C17H17ClO3/c1-20-11-6-7-14(15(18)10-11)17(19)13-8-9-21-16-5-3-2-4-12(13)16/h2-7,10,13,17,19H,8-9H2,1H3. The Balaban J connectivity index is 1.94. The zero-order valence-corrected chi connectivity index (χ0v) is 12.5. The van der Waals surface area contributed by atoms with Crippen molar-refractivity contribution in [3.63, 3.8) is 0 Å². The van der Waals surface area contributed by atoms with E-state index in [-0.39, 0.29) is 5.92 Å². The molecule has 1 aliphatic heterocycles. The SMILES string of the molecule is COc1ccc(C(O)C2CCOc3ccccc32)c(Cl)c1. The Kier molecular flexibility index (Phi) is 4.04. The summed E-state index contributed by atoms with van der Waals surface area (Å²) in [4.78, 5) is 0. The number of benzene rings is 2. The molecule has 2 unspecified atom stereocenters. The van der Waals surface area contributed by atoms with Crippen molar-refractivity contribution in [1.29, 1.82) is 0 Å². The Hall–Kier alpha value is -1.71. The molecule has 3 rings (SSSR count). The van der Waals surface area contributed by atoms with Crippen LogP contribution in [-0.2, 0) is 0 Å². The van der Waals surface area contributed by atoms with Crippen LogP contribution in [0.1, 0.15) is 29.6 Å². The van der Waals surface area contributed by atoms with Crippen LogP contribution in [0.2, 0.25) is 5.02 Å². The molecule has 1 N–H and O–H groups in total. The first-order chi connectivity index (χ1) is 10.2. The maximum Gasteiger partial charge on any atom is 0.122 e. The summed E-state index contributed by atoms with van der Waals surface area (Å²) in [7, 11) is 1.59. The highest BCUT2D eigenvalue weighted by atomic mass is 35.5. The number of halogens is 1. The normalized spacial score (nSPS) is 18.5. The number of para-hydroxylation sites is 1. The molecule has 4 heteroatoms. The average Bonchev–Trinajstić information content (AvgIpc) is 2.53. The van der Waals surface area contributed by atoms with E-state index in [9.17, 15) is 5.11 Å². The summed E-state index contributed by atoms with van der Waals surface area (Å²) in [5.74, 6) is 1.52. The molecule has 110 valence electrons. The van der Waals surface area contributed by atoms with Gasteiger partial charge in [-0.05, 0) is 30.2 Å². The molecule has 0 aliphatic carbocycles. The van der Waals surface area contributed by atoms with Gasteiger partial charge in [-0.25, -0.2) is 0 Å². The van der Waals surface area contributed by atoms with Gasteiger partial charge in [-0.15, -0.1) is 0 Å². The average molecular weight is 305 g/mol. The van der Waals surface area contributed by atoms with Gasteiger partial charge in [-0.1, -0.05) is 35.9 Å². The Labute approximate surface area is 129 Å². The minimum atomic E-state index is -0.659. The highest BCUT2D eigenvalue weighted by Crippen LogP contribution is 2.43. The fourth-order valence-corrected chi connectivity index (χ4v) is 3.07. The lowest BCUT2D eigenvalue weighted by molar-refractivity contribution is 0.117. The van der Waals surface area contributed by atoms with Crippen molar-refractivity contribution in [3.8, 4) is 11.5 Å². The molecule has 1 aliphatic rings. The lowest BCUT2D eigenvalue weighted by Gasteiger charge is -2.30. The number of ether oxygens (including phenoxy) is 2. The van der Waals surface area contributed by atoms with Crippen LogP contribution in [-0.4, -0.2) is 18.8 Å². The van der Waals surface area contributed by atoms with Crippen LogP contribution in [0.15, 0.2) is 42.5 Å². The molecule has 21 heavy (non-hydrogen) atoms. The van der Waals surface area contributed by atoms with E-state index >= 15 is 0 Å². The van der Waals surface area contributed by atoms with E-state index in [2.05, 4.69) is 0 Å². The second kappa shape index (κ2) is 5.96. The summed E-state index contributed by atoms with van der Waals surface area (Å²) < 4.78 is 10.8. The van der Waals surface area contributed by atoms with Gasteiger partial charge in [0, 0.05) is 11.5 Å². The number of hydrogen-bond acceptors (Lipinski definition) is 3. The van der Waals surface area contributed by atoms with Crippen molar-refractivity contribution in [2.75, 3.05) is 13.7 Å². The number of methoxy groups -OCH3 is 1. The molecular weight excluding hydrogens is 288 g/mol. The Bertz CT molecular complexity index is 642. The van der Waals surface area contributed by atoms with Gasteiger partial charge in [0.1, 0.15) is 11.5 Å². The van der Waals surface area contributed by atoms with E-state index in [1.807, 2.05) is 36.4 Å². The third-order valence-electron chi connectivity index (χ3n) is 3.91. The third kappa shape index (κ3) is 2.71. The lowest BCUT2D eigenvalue weighted by Crippen LogP contribution is -2.20. The fraction of sp³-hybridized carbons (Fsp3) is 0.294. The molecule has 0 amide bonds. The number of rotatable bonds is 3. The Morgan fingerprint density at radius 1 is 1.29 bits per heavy atom. The van der Waals surface area contributed by atoms with E-state index < -0.39 is 6.10 Å². The molecule has 0 fully saturated rings. The number of aliphatic hydroxyl groups is 1. The molecule has 2 aromatic rings. The van der Waals surface area contributed by atoms with Gasteiger partial charge in [-0.2, -0.15) is 0 Å². The number of aliphatic hydroxyl groups excluding tert-OH is 1. The molecule has 0 saturated heterocycles. The van der Waals surface area contributed by atoms with Crippen molar-refractivity contribution in [1.82, 2.24) is 0 Å². The fourth-order valence-electron chi connectivity index (χ4n) is 2.79. The molecular formula is C17H17ClO3. The van der Waals surface area contributed by atoms with Gasteiger partial charge in [0.15, 0.2) is 0 Å². The van der Waals surface area contributed by atoms with Crippen LogP contribution in [0.3, 0.4) is 0 Å². The predicted molar refractivity (Wildman–Crippen MR) is 82.3 cm³/mol. The maximum atomic E-state index is 10.8. The monoisotopic (exact) mass is 304 g/mol. The van der Waals surface area contributed by atoms with Gasteiger partial charge in [0.2, 0.25) is 0 Å². The number of fused-ring (bicyclic) bond motifs is 1. The second-order valence-corrected chi connectivity index (χ2v) is 5.52. The van der Waals surface area contributed by atoms with Gasteiger partial charge in [0.25, 0.3) is 0 Å². The maximum absolute atomic E-state index is 10.8. The van der Waals surface area contributed by atoms with E-state index in [1.165, 1.54) is 0 Å². The quantitative estimate of drug-likeness (QED) is 0.933. The summed E-state index contributed by atoms with van der Waals surface area (Å²) in [6.45, 7) is 0.604. The molecule has 1 heterocycles. The van der Waals surface area contributed by atoms with Crippen LogP contribution in [0.5, 0.6) is 11.5 Å². The van der Waals surface area contributed by atoms with Crippen LogP contribution in [0, 0.1) is 0 Å². The van der Waals surface area contributed by atoms with Gasteiger partial charge in [0.05, 0.1) is 24.8 Å². The van der Waals surface area contributed by atoms with Crippen LogP contribution >= 0.6 is 11.6 Å². The summed E-state index contributed by atoms with van der Waals surface area (Å²) in [5, 5.41) is 11.3. The lowest BCUT2D eigenvalue weighted by atomic mass is 9.85. The molecule has 3 nitrogen and oxygen atoms in total. The highest BCUT2D eigenvalue weighted by Gasteiger charge is 2.29. The van der Waals surface area contributed by atoms with E-state index in [4.69, 9.17) is 21.1 Å². The summed E-state index contributed by atoms with van der Waals surface area (Å²) >= 11 is 6.28. The van der Waals surface area contributed by atoms with Crippen molar-refractivity contribution in [2.24, 2.45) is 0 Å².